The van der Waals surface area contributed by atoms with Crippen LogP contribution >= 0.6 is 12.6 Å². The normalized spacial score (nSPS) is 18.6. The maximum absolute atomic E-state index is 13.1. The Morgan fingerprint density at radius 3 is 2.18 bits per heavy atom. The molecule has 0 radical (unpaired) electrons. The van der Waals surface area contributed by atoms with Gasteiger partial charge in [0.1, 0.15) is 30.2 Å². The molecule has 5 amide bonds. The van der Waals surface area contributed by atoms with Crippen LogP contribution in [-0.4, -0.2) is 129 Å². The van der Waals surface area contributed by atoms with Gasteiger partial charge in [0, 0.05) is 12.3 Å². The lowest BCUT2D eigenvalue weighted by atomic mass is 10.1. The first kappa shape index (κ1) is 33.5. The molecular formula is C21H34N6O11S. The molecule has 0 unspecified atom stereocenters. The third-order valence-corrected chi connectivity index (χ3v) is 6.03. The molecule has 0 aromatic carbocycles. The standard InChI is InChI=1S/C21H34N6O11S/c1-9(29)16(19(35)23-6-14(30)24-12(8-39)21(37)38)26-18(34)13-3-2-4-27(13)20(36)11(5-15(31)32)25-17(33)10(22)7-28/h9-13,16,28-29,39H,2-8,22H2,1H3,(H,23,35)(H,24,30)(H,25,33)(H,26,34)(H,31,32)(H,37,38)/t9-,10+,11+,12+,13+,16+/m1/s1. The number of nitrogens with zero attached hydrogens (tertiary/aromatic N) is 1. The van der Waals surface area contributed by atoms with Crippen molar-refractivity contribution in [3.8, 4) is 0 Å². The van der Waals surface area contributed by atoms with Crippen molar-refractivity contribution in [2.75, 3.05) is 25.4 Å². The molecular weight excluding hydrogens is 544 g/mol. The molecule has 1 heterocycles. The number of aliphatic hydroxyl groups is 2. The Morgan fingerprint density at radius 2 is 1.67 bits per heavy atom. The summed E-state index contributed by atoms with van der Waals surface area (Å²) in [7, 11) is 0. The second-order valence-corrected chi connectivity index (χ2v) is 9.09. The molecule has 1 aliphatic rings. The number of likely N-dealkylation sites (tertiary alicyclic amines) is 1. The number of carboxylic acids is 2. The monoisotopic (exact) mass is 578 g/mol. The number of hydrogen-bond donors (Lipinski definition) is 10. The van der Waals surface area contributed by atoms with E-state index in [0.29, 0.717) is 6.42 Å². The zero-order chi connectivity index (χ0) is 29.9. The van der Waals surface area contributed by atoms with Crippen LogP contribution in [0.1, 0.15) is 26.2 Å². The summed E-state index contributed by atoms with van der Waals surface area (Å²) in [6.07, 6.45) is -1.83. The molecule has 10 N–H and O–H groups in total. The van der Waals surface area contributed by atoms with Crippen molar-refractivity contribution < 1.29 is 54.0 Å². The maximum Gasteiger partial charge on any atom is 0.327 e. The van der Waals surface area contributed by atoms with Crippen molar-refractivity contribution in [2.45, 2.75) is 62.5 Å². The van der Waals surface area contributed by atoms with E-state index in [4.69, 9.17) is 21.1 Å². The fourth-order valence-electron chi connectivity index (χ4n) is 3.60. The van der Waals surface area contributed by atoms with E-state index in [9.17, 15) is 38.7 Å². The zero-order valence-electron chi connectivity index (χ0n) is 21.0. The number of carbonyl (C=O) groups excluding carboxylic acids is 5. The quantitative estimate of drug-likeness (QED) is 0.0816. The highest BCUT2D eigenvalue weighted by Gasteiger charge is 2.40. The number of carbonyl (C=O) groups is 7. The van der Waals surface area contributed by atoms with E-state index in [-0.39, 0.29) is 18.7 Å². The van der Waals surface area contributed by atoms with Gasteiger partial charge in [-0.2, -0.15) is 12.6 Å². The summed E-state index contributed by atoms with van der Waals surface area (Å²) in [4.78, 5) is 85.9. The van der Waals surface area contributed by atoms with Crippen LogP contribution in [0.25, 0.3) is 0 Å². The minimum Gasteiger partial charge on any atom is -0.481 e. The fraction of sp³-hybridized carbons (Fsp3) is 0.667. The number of nitrogens with two attached hydrogens (primary N) is 1. The van der Waals surface area contributed by atoms with Crippen LogP contribution in [-0.2, 0) is 33.6 Å². The molecule has 1 rings (SSSR count). The maximum atomic E-state index is 13.1. The molecule has 1 saturated heterocycles. The van der Waals surface area contributed by atoms with Gasteiger partial charge in [0.25, 0.3) is 0 Å². The summed E-state index contributed by atoms with van der Waals surface area (Å²) in [5, 5.41) is 45.9. The first-order valence-electron chi connectivity index (χ1n) is 11.8. The molecule has 18 heteroatoms. The topological polar surface area (TPSA) is 278 Å². The number of thiol groups is 1. The van der Waals surface area contributed by atoms with E-state index in [2.05, 4.69) is 33.9 Å². The van der Waals surface area contributed by atoms with Gasteiger partial charge in [-0.25, -0.2) is 4.79 Å². The second-order valence-electron chi connectivity index (χ2n) is 8.72. The Kier molecular flexibility index (Phi) is 13.6. The lowest BCUT2D eigenvalue weighted by Crippen LogP contribution is -2.59. The van der Waals surface area contributed by atoms with Crippen molar-refractivity contribution in [3.05, 3.63) is 0 Å². The van der Waals surface area contributed by atoms with Gasteiger partial charge in [0.15, 0.2) is 0 Å². The minimum atomic E-state index is -1.60. The van der Waals surface area contributed by atoms with E-state index in [1.807, 2.05) is 0 Å². The first-order valence-corrected chi connectivity index (χ1v) is 12.4. The van der Waals surface area contributed by atoms with Crippen LogP contribution in [0.4, 0.5) is 0 Å². The summed E-state index contributed by atoms with van der Waals surface area (Å²) in [5.41, 5.74) is 5.41. The lowest BCUT2D eigenvalue weighted by Gasteiger charge is -2.30. The van der Waals surface area contributed by atoms with Gasteiger partial charge in [-0.3, -0.25) is 28.8 Å². The summed E-state index contributed by atoms with van der Waals surface area (Å²) in [6.45, 7) is -0.215. The van der Waals surface area contributed by atoms with E-state index < -0.39 is 97.4 Å². The lowest BCUT2D eigenvalue weighted by molar-refractivity contribution is -0.146. The molecule has 0 aliphatic carbocycles. The second kappa shape index (κ2) is 15.8. The fourth-order valence-corrected chi connectivity index (χ4v) is 3.85. The molecule has 220 valence electrons. The van der Waals surface area contributed by atoms with Gasteiger partial charge in [-0.1, -0.05) is 0 Å². The molecule has 0 bridgehead atoms. The Hall–Kier alpha value is -3.48. The third-order valence-electron chi connectivity index (χ3n) is 5.67. The third kappa shape index (κ3) is 10.3. The molecule has 0 spiro atoms. The van der Waals surface area contributed by atoms with Gasteiger partial charge in [-0.05, 0) is 19.8 Å². The number of aliphatic hydroxyl groups excluding tert-OH is 2. The van der Waals surface area contributed by atoms with E-state index in [1.165, 1.54) is 6.92 Å². The van der Waals surface area contributed by atoms with Crippen LogP contribution in [0.2, 0.25) is 0 Å². The minimum absolute atomic E-state index is 0.0244. The highest BCUT2D eigenvalue weighted by atomic mass is 32.1. The van der Waals surface area contributed by atoms with Crippen molar-refractivity contribution in [3.63, 3.8) is 0 Å². The predicted octanol–water partition coefficient (Wildman–Crippen LogP) is -5.26. The first-order chi connectivity index (χ1) is 18.2. The zero-order valence-corrected chi connectivity index (χ0v) is 21.9. The van der Waals surface area contributed by atoms with Gasteiger partial charge in [-0.15, -0.1) is 0 Å². The highest BCUT2D eigenvalue weighted by Crippen LogP contribution is 2.20. The summed E-state index contributed by atoms with van der Waals surface area (Å²) in [5.74, 6) is -7.54. The summed E-state index contributed by atoms with van der Waals surface area (Å²) >= 11 is 3.80. The number of aliphatic carboxylic acids is 2. The number of carboxylic acid groups (broad SMARTS) is 2. The van der Waals surface area contributed by atoms with Crippen LogP contribution in [0.3, 0.4) is 0 Å². The van der Waals surface area contributed by atoms with Crippen LogP contribution in [0.5, 0.6) is 0 Å². The molecule has 0 aromatic rings. The van der Waals surface area contributed by atoms with E-state index in [0.717, 1.165) is 4.90 Å². The molecule has 39 heavy (non-hydrogen) atoms. The molecule has 0 aromatic heterocycles. The number of amides is 5. The summed E-state index contributed by atoms with van der Waals surface area (Å²) < 4.78 is 0. The largest absolute Gasteiger partial charge is 0.481 e. The van der Waals surface area contributed by atoms with Crippen molar-refractivity contribution in [1.82, 2.24) is 26.2 Å². The number of nitrogens with one attached hydrogen (secondary N) is 4. The van der Waals surface area contributed by atoms with Crippen LogP contribution in [0, 0.1) is 0 Å². The molecule has 1 aliphatic heterocycles. The molecule has 1 fully saturated rings. The van der Waals surface area contributed by atoms with Crippen molar-refractivity contribution >= 4 is 54.1 Å². The average Bonchev–Trinajstić information content (AvgIpc) is 3.36. The van der Waals surface area contributed by atoms with Crippen molar-refractivity contribution in [1.29, 1.82) is 0 Å². The average molecular weight is 579 g/mol. The molecule has 6 atom stereocenters. The Labute approximate surface area is 228 Å². The van der Waals surface area contributed by atoms with Crippen LogP contribution < -0.4 is 27.0 Å². The van der Waals surface area contributed by atoms with Gasteiger partial charge in [0.2, 0.25) is 29.5 Å². The highest BCUT2D eigenvalue weighted by molar-refractivity contribution is 7.80. The van der Waals surface area contributed by atoms with Crippen LogP contribution in [0.15, 0.2) is 0 Å². The molecule has 17 nitrogen and oxygen atoms in total. The van der Waals surface area contributed by atoms with Gasteiger partial charge < -0.3 is 52.3 Å². The van der Waals surface area contributed by atoms with E-state index >= 15 is 0 Å². The Bertz CT molecular complexity index is 949. The van der Waals surface area contributed by atoms with E-state index in [1.54, 1.807) is 0 Å². The van der Waals surface area contributed by atoms with Gasteiger partial charge >= 0.3 is 11.9 Å². The molecule has 0 saturated carbocycles. The van der Waals surface area contributed by atoms with Gasteiger partial charge in [0.05, 0.1) is 25.7 Å². The van der Waals surface area contributed by atoms with Crippen molar-refractivity contribution in [2.24, 2.45) is 5.73 Å². The number of rotatable bonds is 15. The SMILES string of the molecule is C[C@@H](O)[C@H](NC(=O)[C@@H]1CCCN1C(=O)[C@H](CC(=O)O)NC(=O)[C@@H](N)CO)C(=O)NCC(=O)N[C@@H](CS)C(=O)O. The summed E-state index contributed by atoms with van der Waals surface area (Å²) in [6, 6.07) is -7.05. The number of hydrogen-bond acceptors (Lipinski definition) is 11. The Morgan fingerprint density at radius 1 is 1.03 bits per heavy atom. The smallest absolute Gasteiger partial charge is 0.327 e. The predicted molar refractivity (Wildman–Crippen MR) is 134 cm³/mol. The Balaban J connectivity index is 2.91.